The second kappa shape index (κ2) is 5.88. The van der Waals surface area contributed by atoms with Gasteiger partial charge >= 0.3 is 0 Å². The van der Waals surface area contributed by atoms with Gasteiger partial charge in [-0.1, -0.05) is 37.6 Å². The molecule has 0 radical (unpaired) electrons. The largest absolute Gasteiger partial charge is 0.474 e. The molecule has 0 aliphatic carbocycles. The molecule has 22 heavy (non-hydrogen) atoms. The fraction of sp³-hybridized carbons (Fsp3) is 0.389. The highest BCUT2D eigenvalue weighted by Gasteiger charge is 2.27. The minimum atomic E-state index is -0.240. The van der Waals surface area contributed by atoms with E-state index in [1.807, 2.05) is 13.0 Å². The van der Waals surface area contributed by atoms with Gasteiger partial charge in [0.1, 0.15) is 17.1 Å². The first kappa shape index (κ1) is 15.3. The van der Waals surface area contributed by atoms with E-state index in [1.54, 1.807) is 12.1 Å². The Balaban J connectivity index is 2.10. The molecule has 1 aliphatic heterocycles. The Morgan fingerprint density at radius 2 is 2.05 bits per heavy atom. The zero-order valence-electron chi connectivity index (χ0n) is 13.0. The maximum atomic E-state index is 14.3. The molecule has 116 valence electrons. The van der Waals surface area contributed by atoms with Gasteiger partial charge in [0.2, 0.25) is 5.88 Å². The number of benzene rings is 1. The highest BCUT2D eigenvalue weighted by atomic mass is 35.5. The first-order valence-electron chi connectivity index (χ1n) is 7.58. The molecule has 2 aromatic rings. The van der Waals surface area contributed by atoms with Crippen molar-refractivity contribution in [2.45, 2.75) is 39.7 Å². The smallest absolute Gasteiger partial charge is 0.218 e. The van der Waals surface area contributed by atoms with E-state index >= 15 is 0 Å². The third-order valence-electron chi connectivity index (χ3n) is 4.16. The highest BCUT2D eigenvalue weighted by Crippen LogP contribution is 2.38. The van der Waals surface area contributed by atoms with Crippen LogP contribution in [0.5, 0.6) is 5.88 Å². The van der Waals surface area contributed by atoms with Gasteiger partial charge < -0.3 is 4.74 Å². The number of aromatic nitrogens is 1. The van der Waals surface area contributed by atoms with Crippen LogP contribution in [0.25, 0.3) is 11.1 Å². The molecule has 1 atom stereocenters. The number of aryl methyl sites for hydroxylation is 1. The topological polar surface area (TPSA) is 22.1 Å². The number of pyridine rings is 1. The van der Waals surface area contributed by atoms with Gasteiger partial charge in [-0.3, -0.25) is 0 Å². The molecule has 0 spiro atoms. The molecule has 0 saturated carbocycles. The molecule has 0 N–H and O–H groups in total. The summed E-state index contributed by atoms with van der Waals surface area (Å²) in [5, 5.41) is 0.332. The Hall–Kier alpha value is -1.61. The van der Waals surface area contributed by atoms with Gasteiger partial charge in [0.25, 0.3) is 0 Å². The summed E-state index contributed by atoms with van der Waals surface area (Å²) in [7, 11) is 0. The van der Waals surface area contributed by atoms with Crippen LogP contribution in [0.4, 0.5) is 4.39 Å². The molecule has 4 heteroatoms. The maximum absolute atomic E-state index is 14.3. The zero-order chi connectivity index (χ0) is 15.9. The Morgan fingerprint density at radius 3 is 2.73 bits per heavy atom. The number of hydrogen-bond donors (Lipinski definition) is 0. The van der Waals surface area contributed by atoms with Crippen LogP contribution in [0.15, 0.2) is 24.3 Å². The SMILES string of the molecule is Cc1ccc(-c2cc(Cl)nc3c2CCC(C(C)C)O3)c(F)c1. The van der Waals surface area contributed by atoms with Gasteiger partial charge in [0, 0.05) is 11.1 Å². The maximum Gasteiger partial charge on any atom is 0.218 e. The molecule has 0 bridgehead atoms. The first-order chi connectivity index (χ1) is 10.5. The van der Waals surface area contributed by atoms with Crippen LogP contribution in [0, 0.1) is 18.7 Å². The van der Waals surface area contributed by atoms with Crippen LogP contribution in [0.2, 0.25) is 5.15 Å². The Bertz CT molecular complexity index is 714. The number of halogens is 2. The lowest BCUT2D eigenvalue weighted by Crippen LogP contribution is -2.28. The van der Waals surface area contributed by atoms with Crippen molar-refractivity contribution in [2.75, 3.05) is 0 Å². The van der Waals surface area contributed by atoms with E-state index in [1.165, 1.54) is 6.07 Å². The molecular formula is C18H19ClFNO. The summed E-state index contributed by atoms with van der Waals surface area (Å²) < 4.78 is 20.3. The average Bonchev–Trinajstić information content (AvgIpc) is 2.45. The molecule has 0 fully saturated rings. The number of rotatable bonds is 2. The minimum Gasteiger partial charge on any atom is -0.474 e. The van der Waals surface area contributed by atoms with Crippen LogP contribution in [-0.2, 0) is 6.42 Å². The van der Waals surface area contributed by atoms with E-state index in [9.17, 15) is 4.39 Å². The van der Waals surface area contributed by atoms with Crippen LogP contribution in [0.3, 0.4) is 0 Å². The second-order valence-electron chi connectivity index (χ2n) is 6.20. The predicted octanol–water partition coefficient (Wildman–Crippen LogP) is 5.20. The Morgan fingerprint density at radius 1 is 1.27 bits per heavy atom. The molecule has 0 amide bonds. The van der Waals surface area contributed by atoms with Gasteiger partial charge in [0.15, 0.2) is 0 Å². The van der Waals surface area contributed by atoms with E-state index in [-0.39, 0.29) is 11.9 Å². The molecule has 1 aromatic carbocycles. The second-order valence-corrected chi connectivity index (χ2v) is 6.59. The van der Waals surface area contributed by atoms with Crippen molar-refractivity contribution >= 4 is 11.6 Å². The van der Waals surface area contributed by atoms with Crippen molar-refractivity contribution in [3.63, 3.8) is 0 Å². The van der Waals surface area contributed by atoms with E-state index in [2.05, 4.69) is 18.8 Å². The molecule has 3 rings (SSSR count). The van der Waals surface area contributed by atoms with Crippen molar-refractivity contribution in [1.29, 1.82) is 0 Å². The number of nitrogens with zero attached hydrogens (tertiary/aromatic N) is 1. The molecule has 2 heterocycles. The molecule has 1 aromatic heterocycles. The van der Waals surface area contributed by atoms with Crippen LogP contribution < -0.4 is 4.74 Å². The quantitative estimate of drug-likeness (QED) is 0.710. The highest BCUT2D eigenvalue weighted by molar-refractivity contribution is 6.29. The molecular weight excluding hydrogens is 301 g/mol. The lowest BCUT2D eigenvalue weighted by Gasteiger charge is -2.29. The van der Waals surface area contributed by atoms with Crippen molar-refractivity contribution in [3.05, 3.63) is 46.4 Å². The van der Waals surface area contributed by atoms with E-state index < -0.39 is 0 Å². The van der Waals surface area contributed by atoms with Gasteiger partial charge in [-0.2, -0.15) is 0 Å². The number of hydrogen-bond acceptors (Lipinski definition) is 2. The van der Waals surface area contributed by atoms with Crippen LogP contribution in [0.1, 0.15) is 31.4 Å². The predicted molar refractivity (Wildman–Crippen MR) is 87.0 cm³/mol. The Kier molecular flexibility index (Phi) is 4.09. The van der Waals surface area contributed by atoms with Crippen molar-refractivity contribution < 1.29 is 9.13 Å². The third kappa shape index (κ3) is 2.82. The van der Waals surface area contributed by atoms with Crippen molar-refractivity contribution in [2.24, 2.45) is 5.92 Å². The Labute approximate surface area is 135 Å². The first-order valence-corrected chi connectivity index (χ1v) is 7.96. The monoisotopic (exact) mass is 319 g/mol. The van der Waals surface area contributed by atoms with Gasteiger partial charge in [0.05, 0.1) is 0 Å². The van der Waals surface area contributed by atoms with Crippen LogP contribution >= 0.6 is 11.6 Å². The summed E-state index contributed by atoms with van der Waals surface area (Å²) >= 11 is 6.13. The van der Waals surface area contributed by atoms with E-state index in [0.717, 1.165) is 29.5 Å². The van der Waals surface area contributed by atoms with Crippen LogP contribution in [-0.4, -0.2) is 11.1 Å². The summed E-state index contributed by atoms with van der Waals surface area (Å²) in [4.78, 5) is 4.30. The fourth-order valence-electron chi connectivity index (χ4n) is 2.89. The standard InChI is InChI=1S/C18H19ClFNO/c1-10(2)16-7-6-13-14(9-17(19)21-18(13)22-16)12-5-4-11(3)8-15(12)20/h4-5,8-10,16H,6-7H2,1-3H3. The number of ether oxygens (including phenoxy) is 1. The average molecular weight is 320 g/mol. The summed E-state index contributed by atoms with van der Waals surface area (Å²) in [6.07, 6.45) is 1.87. The zero-order valence-corrected chi connectivity index (χ0v) is 13.7. The van der Waals surface area contributed by atoms with Crippen molar-refractivity contribution in [3.8, 4) is 17.0 Å². The lowest BCUT2D eigenvalue weighted by molar-refractivity contribution is 0.120. The van der Waals surface area contributed by atoms with E-state index in [4.69, 9.17) is 16.3 Å². The molecule has 1 aliphatic rings. The van der Waals surface area contributed by atoms with Crippen molar-refractivity contribution in [1.82, 2.24) is 4.98 Å². The lowest BCUT2D eigenvalue weighted by atomic mass is 9.91. The fourth-order valence-corrected chi connectivity index (χ4v) is 3.08. The number of fused-ring (bicyclic) bond motifs is 1. The molecule has 2 nitrogen and oxygen atoms in total. The molecule has 0 saturated heterocycles. The summed E-state index contributed by atoms with van der Waals surface area (Å²) in [5.74, 6) is 0.719. The minimum absolute atomic E-state index is 0.134. The molecule has 1 unspecified atom stereocenters. The van der Waals surface area contributed by atoms with E-state index in [0.29, 0.717) is 22.5 Å². The normalized spacial score (nSPS) is 17.3. The van der Waals surface area contributed by atoms with Gasteiger partial charge in [-0.25, -0.2) is 9.37 Å². The van der Waals surface area contributed by atoms with Gasteiger partial charge in [-0.15, -0.1) is 0 Å². The summed E-state index contributed by atoms with van der Waals surface area (Å²) in [6, 6.07) is 6.97. The summed E-state index contributed by atoms with van der Waals surface area (Å²) in [6.45, 7) is 6.12. The van der Waals surface area contributed by atoms with Gasteiger partial charge in [-0.05, 0) is 48.9 Å². The summed E-state index contributed by atoms with van der Waals surface area (Å²) in [5.41, 5.74) is 3.18. The third-order valence-corrected chi connectivity index (χ3v) is 4.35.